The lowest BCUT2D eigenvalue weighted by atomic mass is 10.0. The van der Waals surface area contributed by atoms with Crippen molar-refractivity contribution in [2.75, 3.05) is 13.7 Å². The van der Waals surface area contributed by atoms with E-state index in [1.54, 1.807) is 19.2 Å². The summed E-state index contributed by atoms with van der Waals surface area (Å²) in [4.78, 5) is 0. The fourth-order valence-electron chi connectivity index (χ4n) is 2.44. The number of hydrogen-bond acceptors (Lipinski definition) is 4. The van der Waals surface area contributed by atoms with E-state index in [1.165, 1.54) is 12.1 Å². The summed E-state index contributed by atoms with van der Waals surface area (Å²) in [5, 5.41) is 13.6. The number of halogens is 1. The first-order valence-electron chi connectivity index (χ1n) is 8.01. The number of methoxy groups -OCH3 is 1. The van der Waals surface area contributed by atoms with Gasteiger partial charge < -0.3 is 19.9 Å². The van der Waals surface area contributed by atoms with Crippen LogP contribution in [0.15, 0.2) is 42.5 Å². The molecule has 5 heteroatoms. The fourth-order valence-corrected chi connectivity index (χ4v) is 2.44. The summed E-state index contributed by atoms with van der Waals surface area (Å²) in [5.41, 5.74) is 1.70. The molecule has 0 aromatic heterocycles. The summed E-state index contributed by atoms with van der Waals surface area (Å²) in [5.74, 6) is 1.08. The summed E-state index contributed by atoms with van der Waals surface area (Å²) in [7, 11) is 1.61. The average Bonchev–Trinajstić information content (AvgIpc) is 2.60. The molecule has 0 spiro atoms. The van der Waals surface area contributed by atoms with Crippen LogP contribution in [0.4, 0.5) is 4.39 Å². The predicted octanol–water partition coefficient (Wildman–Crippen LogP) is 3.44. The van der Waals surface area contributed by atoms with Gasteiger partial charge in [-0.25, -0.2) is 4.39 Å². The first-order chi connectivity index (χ1) is 11.5. The van der Waals surface area contributed by atoms with Gasteiger partial charge in [-0.3, -0.25) is 0 Å². The third-order valence-corrected chi connectivity index (χ3v) is 3.84. The van der Waals surface area contributed by atoms with Gasteiger partial charge in [-0.1, -0.05) is 18.2 Å². The molecule has 4 nitrogen and oxygen atoms in total. The normalized spacial score (nSPS) is 13.4. The van der Waals surface area contributed by atoms with Gasteiger partial charge in [0.2, 0.25) is 0 Å². The second-order valence-corrected chi connectivity index (χ2v) is 5.58. The smallest absolute Gasteiger partial charge is 0.161 e. The third kappa shape index (κ3) is 4.69. The molecule has 0 radical (unpaired) electrons. The van der Waals surface area contributed by atoms with Gasteiger partial charge in [0.05, 0.1) is 19.8 Å². The molecule has 0 saturated heterocycles. The number of nitrogens with one attached hydrogen (secondary N) is 1. The van der Waals surface area contributed by atoms with E-state index in [4.69, 9.17) is 9.47 Å². The van der Waals surface area contributed by atoms with Crippen LogP contribution < -0.4 is 14.8 Å². The second-order valence-electron chi connectivity index (χ2n) is 5.58. The van der Waals surface area contributed by atoms with E-state index in [9.17, 15) is 9.50 Å². The molecule has 0 amide bonds. The van der Waals surface area contributed by atoms with E-state index in [-0.39, 0.29) is 11.9 Å². The number of benzene rings is 2. The molecule has 0 fully saturated rings. The SMILES string of the molecule is CCOc1ccc(CNC(C)C(O)c2ccc(F)cc2)cc1OC. The van der Waals surface area contributed by atoms with E-state index in [0.29, 0.717) is 30.2 Å². The van der Waals surface area contributed by atoms with E-state index < -0.39 is 6.10 Å². The first-order valence-corrected chi connectivity index (χ1v) is 8.01. The summed E-state index contributed by atoms with van der Waals surface area (Å²) in [6.45, 7) is 4.96. The maximum absolute atomic E-state index is 13.0. The Balaban J connectivity index is 1.98. The van der Waals surface area contributed by atoms with Crippen LogP contribution in [-0.4, -0.2) is 24.9 Å². The van der Waals surface area contributed by atoms with Crippen molar-refractivity contribution in [3.8, 4) is 11.5 Å². The van der Waals surface area contributed by atoms with E-state index in [1.807, 2.05) is 32.0 Å². The molecule has 130 valence electrons. The van der Waals surface area contributed by atoms with Crippen LogP contribution in [0.1, 0.15) is 31.1 Å². The van der Waals surface area contributed by atoms with Crippen LogP contribution in [0.25, 0.3) is 0 Å². The molecule has 0 aliphatic heterocycles. The van der Waals surface area contributed by atoms with Gasteiger partial charge in [0, 0.05) is 12.6 Å². The molecule has 2 atom stereocenters. The van der Waals surface area contributed by atoms with Crippen molar-refractivity contribution in [2.24, 2.45) is 0 Å². The molecule has 2 N–H and O–H groups in total. The highest BCUT2D eigenvalue weighted by Gasteiger charge is 2.16. The van der Waals surface area contributed by atoms with Crippen LogP contribution in [0.5, 0.6) is 11.5 Å². The van der Waals surface area contributed by atoms with E-state index in [0.717, 1.165) is 5.56 Å². The topological polar surface area (TPSA) is 50.7 Å². The Morgan fingerprint density at radius 2 is 1.83 bits per heavy atom. The van der Waals surface area contributed by atoms with Gasteiger partial charge in [0.25, 0.3) is 0 Å². The van der Waals surface area contributed by atoms with Gasteiger partial charge >= 0.3 is 0 Å². The summed E-state index contributed by atoms with van der Waals surface area (Å²) < 4.78 is 23.8. The zero-order chi connectivity index (χ0) is 17.5. The molecule has 0 aliphatic rings. The van der Waals surface area contributed by atoms with E-state index >= 15 is 0 Å². The largest absolute Gasteiger partial charge is 0.493 e. The second kappa shape index (κ2) is 8.66. The first kappa shape index (κ1) is 18.2. The van der Waals surface area contributed by atoms with Crippen molar-refractivity contribution in [3.05, 3.63) is 59.4 Å². The van der Waals surface area contributed by atoms with Gasteiger partial charge in [-0.2, -0.15) is 0 Å². The minimum atomic E-state index is -0.713. The highest BCUT2D eigenvalue weighted by Crippen LogP contribution is 2.28. The molecule has 2 aromatic rings. The Morgan fingerprint density at radius 3 is 2.46 bits per heavy atom. The van der Waals surface area contributed by atoms with Crippen LogP contribution in [0, 0.1) is 5.82 Å². The fraction of sp³-hybridized carbons (Fsp3) is 0.368. The monoisotopic (exact) mass is 333 g/mol. The molecule has 0 aliphatic carbocycles. The van der Waals surface area contributed by atoms with Crippen molar-refractivity contribution in [2.45, 2.75) is 32.5 Å². The van der Waals surface area contributed by atoms with Crippen LogP contribution in [0.2, 0.25) is 0 Å². The highest BCUT2D eigenvalue weighted by atomic mass is 19.1. The standard InChI is InChI=1S/C19H24FNO3/c1-4-24-17-10-5-14(11-18(17)23-3)12-21-13(2)19(22)15-6-8-16(20)9-7-15/h5-11,13,19,21-22H,4,12H2,1-3H3. The van der Waals surface area contributed by atoms with Crippen molar-refractivity contribution in [1.29, 1.82) is 0 Å². The lowest BCUT2D eigenvalue weighted by molar-refractivity contribution is 0.135. The number of rotatable bonds is 8. The Bertz CT molecular complexity index is 646. The van der Waals surface area contributed by atoms with Gasteiger partial charge in [0.1, 0.15) is 5.82 Å². The number of hydrogen-bond donors (Lipinski definition) is 2. The van der Waals surface area contributed by atoms with Crippen LogP contribution in [0.3, 0.4) is 0 Å². The molecule has 2 unspecified atom stereocenters. The maximum atomic E-state index is 13.0. The average molecular weight is 333 g/mol. The number of aliphatic hydroxyl groups excluding tert-OH is 1. The molecular weight excluding hydrogens is 309 g/mol. The van der Waals surface area contributed by atoms with Crippen molar-refractivity contribution < 1.29 is 19.0 Å². The Hall–Kier alpha value is -2.11. The van der Waals surface area contributed by atoms with Gasteiger partial charge in [0.15, 0.2) is 11.5 Å². The van der Waals surface area contributed by atoms with Crippen LogP contribution >= 0.6 is 0 Å². The Kier molecular flexibility index (Phi) is 6.58. The molecule has 2 aromatic carbocycles. The Labute approximate surface area is 142 Å². The summed E-state index contributed by atoms with van der Waals surface area (Å²) >= 11 is 0. The van der Waals surface area contributed by atoms with Crippen molar-refractivity contribution >= 4 is 0 Å². The minimum absolute atomic E-state index is 0.187. The van der Waals surface area contributed by atoms with Gasteiger partial charge in [-0.15, -0.1) is 0 Å². The Morgan fingerprint density at radius 1 is 1.12 bits per heavy atom. The summed E-state index contributed by atoms with van der Waals surface area (Å²) in [6.07, 6.45) is -0.713. The molecule has 24 heavy (non-hydrogen) atoms. The lowest BCUT2D eigenvalue weighted by Crippen LogP contribution is -2.31. The number of aliphatic hydroxyl groups is 1. The molecule has 2 rings (SSSR count). The summed E-state index contributed by atoms with van der Waals surface area (Å²) in [6, 6.07) is 11.4. The third-order valence-electron chi connectivity index (χ3n) is 3.84. The van der Waals surface area contributed by atoms with E-state index in [2.05, 4.69) is 5.32 Å². The maximum Gasteiger partial charge on any atom is 0.161 e. The molecule has 0 saturated carbocycles. The number of ether oxygens (including phenoxy) is 2. The quantitative estimate of drug-likeness (QED) is 0.777. The van der Waals surface area contributed by atoms with Gasteiger partial charge in [-0.05, 0) is 49.2 Å². The highest BCUT2D eigenvalue weighted by molar-refractivity contribution is 5.43. The van der Waals surface area contributed by atoms with Crippen molar-refractivity contribution in [3.63, 3.8) is 0 Å². The molecule has 0 heterocycles. The molecule has 0 bridgehead atoms. The van der Waals surface area contributed by atoms with Crippen LogP contribution in [-0.2, 0) is 6.54 Å². The zero-order valence-corrected chi connectivity index (χ0v) is 14.3. The minimum Gasteiger partial charge on any atom is -0.493 e. The van der Waals surface area contributed by atoms with Crippen molar-refractivity contribution in [1.82, 2.24) is 5.32 Å². The zero-order valence-electron chi connectivity index (χ0n) is 14.3. The lowest BCUT2D eigenvalue weighted by Gasteiger charge is -2.21. The molecular formula is C19H24FNO3. The predicted molar refractivity (Wildman–Crippen MR) is 91.8 cm³/mol.